The number of ether oxygens (including phenoxy) is 2. The highest BCUT2D eigenvalue weighted by Gasteiger charge is 2.41. The predicted octanol–water partition coefficient (Wildman–Crippen LogP) is 3.76. The van der Waals surface area contributed by atoms with Gasteiger partial charge in [0.2, 0.25) is 11.8 Å². The molecule has 1 unspecified atom stereocenters. The van der Waals surface area contributed by atoms with Crippen LogP contribution in [0.2, 0.25) is 0 Å². The predicted molar refractivity (Wildman–Crippen MR) is 147 cm³/mol. The van der Waals surface area contributed by atoms with Gasteiger partial charge in [-0.2, -0.15) is 0 Å². The summed E-state index contributed by atoms with van der Waals surface area (Å²) in [5.74, 6) is 1.18. The Hall–Kier alpha value is -2.90. The molecule has 0 aromatic heterocycles. The first-order valence-electron chi connectivity index (χ1n) is 14.2. The van der Waals surface area contributed by atoms with E-state index in [9.17, 15) is 9.59 Å². The van der Waals surface area contributed by atoms with E-state index >= 15 is 0 Å². The Morgan fingerprint density at radius 1 is 1.00 bits per heavy atom. The number of nitrogens with one attached hydrogen (secondary N) is 1. The van der Waals surface area contributed by atoms with Gasteiger partial charge in [0, 0.05) is 7.05 Å². The number of piperidine rings is 1. The average Bonchev–Trinajstić information content (AvgIpc) is 2.94. The lowest BCUT2D eigenvalue weighted by molar-refractivity contribution is -0.137. The highest BCUT2D eigenvalue weighted by atomic mass is 16.5. The minimum atomic E-state index is -0.357. The highest BCUT2D eigenvalue weighted by molar-refractivity contribution is 5.83. The molecule has 1 atom stereocenters. The standard InChI is InChI=1S/C31H41N3O4/c1-33(22-28-26-11-4-2-8-24(26)13-20-37-28)29(35)23-34-18-15-31(16-19-34)14-7-6-10-25-9-3-5-12-27(25)38-21-17-32-30(31)36/h2-5,8-9,11-12,28H,6-7,10,13-23H2,1H3,(H,32,36). The maximum absolute atomic E-state index is 13.3. The van der Waals surface area contributed by atoms with Crippen molar-refractivity contribution in [3.63, 3.8) is 0 Å². The molecule has 5 rings (SSSR count). The molecule has 3 aliphatic rings. The van der Waals surface area contributed by atoms with Crippen LogP contribution >= 0.6 is 0 Å². The van der Waals surface area contributed by atoms with Crippen molar-refractivity contribution in [2.45, 2.75) is 51.0 Å². The maximum atomic E-state index is 13.3. The first kappa shape index (κ1) is 26.7. The Kier molecular flexibility index (Phi) is 8.65. The van der Waals surface area contributed by atoms with Crippen molar-refractivity contribution in [1.29, 1.82) is 0 Å². The summed E-state index contributed by atoms with van der Waals surface area (Å²) < 4.78 is 12.0. The first-order chi connectivity index (χ1) is 18.5. The molecule has 38 heavy (non-hydrogen) atoms. The van der Waals surface area contributed by atoms with E-state index < -0.39 is 0 Å². The lowest BCUT2D eigenvalue weighted by atomic mass is 9.73. The van der Waals surface area contributed by atoms with Gasteiger partial charge >= 0.3 is 0 Å². The zero-order chi connectivity index (χ0) is 26.4. The van der Waals surface area contributed by atoms with Crippen LogP contribution in [0, 0.1) is 5.41 Å². The third-order valence-electron chi connectivity index (χ3n) is 8.58. The minimum absolute atomic E-state index is 0.0746. The number of nitrogens with zero attached hydrogens (tertiary/aromatic N) is 2. The van der Waals surface area contributed by atoms with Crippen molar-refractivity contribution >= 4 is 11.8 Å². The summed E-state index contributed by atoms with van der Waals surface area (Å²) in [5, 5.41) is 3.15. The van der Waals surface area contributed by atoms with Gasteiger partial charge < -0.3 is 19.7 Å². The molecule has 7 heteroatoms. The number of carbonyl (C=O) groups is 2. The number of benzene rings is 2. The van der Waals surface area contributed by atoms with Crippen molar-refractivity contribution in [2.24, 2.45) is 5.41 Å². The summed E-state index contributed by atoms with van der Waals surface area (Å²) in [5.41, 5.74) is 3.40. The Morgan fingerprint density at radius 3 is 2.61 bits per heavy atom. The van der Waals surface area contributed by atoms with Crippen LogP contribution in [0.25, 0.3) is 0 Å². The van der Waals surface area contributed by atoms with Crippen molar-refractivity contribution in [1.82, 2.24) is 15.1 Å². The van der Waals surface area contributed by atoms with Gasteiger partial charge in [-0.15, -0.1) is 0 Å². The average molecular weight is 520 g/mol. The second-order valence-electron chi connectivity index (χ2n) is 11.1. The molecule has 3 heterocycles. The molecule has 1 N–H and O–H groups in total. The van der Waals surface area contributed by atoms with Gasteiger partial charge in [0.05, 0.1) is 31.7 Å². The Morgan fingerprint density at radius 2 is 1.76 bits per heavy atom. The van der Waals surface area contributed by atoms with Gasteiger partial charge in [0.25, 0.3) is 0 Å². The molecule has 0 saturated carbocycles. The number of amides is 2. The van der Waals surface area contributed by atoms with Crippen LogP contribution in [0.3, 0.4) is 0 Å². The second kappa shape index (κ2) is 12.3. The maximum Gasteiger partial charge on any atom is 0.236 e. The molecule has 0 bridgehead atoms. The lowest BCUT2D eigenvalue weighted by Gasteiger charge is -2.41. The lowest BCUT2D eigenvalue weighted by Crippen LogP contribution is -2.51. The SMILES string of the molecule is CN(CC1OCCc2ccccc21)C(=O)CN1CCC2(CCCCc3ccccc3OCCNC2=O)CC1. The Balaban J connectivity index is 1.14. The number of likely N-dealkylation sites (N-methyl/N-ethyl adjacent to an activating group) is 1. The van der Waals surface area contributed by atoms with Gasteiger partial charge in [0.15, 0.2) is 0 Å². The Labute approximate surface area is 226 Å². The first-order valence-corrected chi connectivity index (χ1v) is 14.2. The van der Waals surface area contributed by atoms with Crippen molar-refractivity contribution in [3.05, 3.63) is 65.2 Å². The number of fused-ring (bicyclic) bond motifs is 2. The summed E-state index contributed by atoms with van der Waals surface area (Å²) in [6.45, 7) is 4.13. The summed E-state index contributed by atoms with van der Waals surface area (Å²) in [6, 6.07) is 16.6. The van der Waals surface area contributed by atoms with Crippen molar-refractivity contribution < 1.29 is 19.1 Å². The summed E-state index contributed by atoms with van der Waals surface area (Å²) >= 11 is 0. The van der Waals surface area contributed by atoms with E-state index in [2.05, 4.69) is 40.5 Å². The number of likely N-dealkylation sites (tertiary alicyclic amines) is 1. The molecular formula is C31H41N3O4. The third kappa shape index (κ3) is 6.21. The van der Waals surface area contributed by atoms with E-state index in [0.717, 1.165) is 63.8 Å². The van der Waals surface area contributed by atoms with E-state index in [0.29, 0.717) is 32.8 Å². The van der Waals surface area contributed by atoms with Crippen LogP contribution in [-0.4, -0.2) is 74.6 Å². The number of hydrogen-bond acceptors (Lipinski definition) is 5. The van der Waals surface area contributed by atoms with Gasteiger partial charge in [0.1, 0.15) is 18.5 Å². The monoisotopic (exact) mass is 519 g/mol. The van der Waals surface area contributed by atoms with Gasteiger partial charge in [-0.05, 0) is 74.4 Å². The summed E-state index contributed by atoms with van der Waals surface area (Å²) in [7, 11) is 1.87. The van der Waals surface area contributed by atoms with Crippen LogP contribution in [0.5, 0.6) is 5.75 Å². The fraction of sp³-hybridized carbons (Fsp3) is 0.548. The molecular weight excluding hydrogens is 478 g/mol. The quantitative estimate of drug-likeness (QED) is 0.666. The van der Waals surface area contributed by atoms with Gasteiger partial charge in [-0.3, -0.25) is 14.5 Å². The molecule has 1 spiro atoms. The van der Waals surface area contributed by atoms with Crippen molar-refractivity contribution in [3.8, 4) is 5.75 Å². The van der Waals surface area contributed by atoms with E-state index in [-0.39, 0.29) is 23.3 Å². The number of rotatable bonds is 4. The van der Waals surface area contributed by atoms with Crippen LogP contribution in [0.4, 0.5) is 0 Å². The van der Waals surface area contributed by atoms with E-state index in [1.807, 2.05) is 25.2 Å². The van der Waals surface area contributed by atoms with Crippen LogP contribution in [0.1, 0.15) is 54.9 Å². The van der Waals surface area contributed by atoms with Crippen LogP contribution < -0.4 is 10.1 Å². The third-order valence-corrected chi connectivity index (χ3v) is 8.58. The van der Waals surface area contributed by atoms with Gasteiger partial charge in [-0.25, -0.2) is 0 Å². The molecule has 0 aliphatic carbocycles. The van der Waals surface area contributed by atoms with Gasteiger partial charge in [-0.1, -0.05) is 48.9 Å². The number of aryl methyl sites for hydroxylation is 1. The molecule has 0 radical (unpaired) electrons. The molecule has 2 amide bonds. The number of hydrogen-bond donors (Lipinski definition) is 1. The van der Waals surface area contributed by atoms with E-state index in [4.69, 9.17) is 9.47 Å². The number of carbonyl (C=O) groups excluding carboxylic acids is 2. The molecule has 204 valence electrons. The summed E-state index contributed by atoms with van der Waals surface area (Å²) in [4.78, 5) is 30.5. The molecule has 2 aromatic carbocycles. The second-order valence-corrected chi connectivity index (χ2v) is 11.1. The number of para-hydroxylation sites is 1. The molecule has 7 nitrogen and oxygen atoms in total. The fourth-order valence-corrected chi connectivity index (χ4v) is 6.16. The zero-order valence-corrected chi connectivity index (χ0v) is 22.6. The van der Waals surface area contributed by atoms with Crippen molar-refractivity contribution in [2.75, 3.05) is 53.0 Å². The topological polar surface area (TPSA) is 71.1 Å². The molecule has 1 fully saturated rings. The molecule has 3 aliphatic heterocycles. The molecule has 2 aromatic rings. The fourth-order valence-electron chi connectivity index (χ4n) is 6.16. The van der Waals surface area contributed by atoms with Crippen LogP contribution in [-0.2, 0) is 27.2 Å². The zero-order valence-electron chi connectivity index (χ0n) is 22.6. The largest absolute Gasteiger partial charge is 0.491 e. The minimum Gasteiger partial charge on any atom is -0.491 e. The smallest absolute Gasteiger partial charge is 0.236 e. The molecule has 1 saturated heterocycles. The van der Waals surface area contributed by atoms with E-state index in [1.54, 1.807) is 4.90 Å². The normalized spacial score (nSPS) is 22.1. The van der Waals surface area contributed by atoms with Crippen LogP contribution in [0.15, 0.2) is 48.5 Å². The highest BCUT2D eigenvalue weighted by Crippen LogP contribution is 2.38. The van der Waals surface area contributed by atoms with E-state index in [1.165, 1.54) is 16.7 Å². The summed E-state index contributed by atoms with van der Waals surface area (Å²) in [6.07, 6.45) is 6.32. The Bertz CT molecular complexity index is 1110.